The molecule has 2 fully saturated rings. The van der Waals surface area contributed by atoms with Crippen molar-refractivity contribution in [1.82, 2.24) is 15.2 Å². The Bertz CT molecular complexity index is 1210. The van der Waals surface area contributed by atoms with E-state index in [4.69, 9.17) is 14.2 Å². The van der Waals surface area contributed by atoms with E-state index in [2.05, 4.69) is 36.3 Å². The monoisotopic (exact) mass is 521 g/mol. The second kappa shape index (κ2) is 11.2. The summed E-state index contributed by atoms with van der Waals surface area (Å²) >= 11 is 0. The minimum Gasteiger partial charge on any atom is -0.497 e. The van der Waals surface area contributed by atoms with Crippen molar-refractivity contribution in [3.63, 3.8) is 0 Å². The standard InChI is InChI=1S/C30H39N3O5/c1-18-6-5-7-19(2)12-28(34)33-17-22(15-26(33)29(35)32-25-13-20(25)9-8-18)38-30-23-11-10-21(36-3)14-24(23)27(37-4)16-31-30/h8-11,14,16,18-20,22,25-26H,5-7,12-13,15,17H2,1-4H3,(H,32,35)/b9-8-/t18?,19?,20-,22-,25?,26?/m1/s1. The van der Waals surface area contributed by atoms with E-state index in [0.717, 1.165) is 36.5 Å². The third-order valence-corrected chi connectivity index (χ3v) is 8.14. The SMILES string of the molecule is COc1ccc2c(O[C@@H]3CC4C(=O)NC5C[C@H]5/C=C\C(C)CCCC(C)CC(=O)N4C3)ncc(OC)c2c1. The number of carbonyl (C=O) groups excluding carboxylic acids is 2. The lowest BCUT2D eigenvalue weighted by molar-refractivity contribution is -0.139. The summed E-state index contributed by atoms with van der Waals surface area (Å²) in [5, 5.41) is 4.82. The number of hydrogen-bond donors (Lipinski definition) is 1. The number of methoxy groups -OCH3 is 2. The lowest BCUT2D eigenvalue weighted by Gasteiger charge is -2.25. The summed E-state index contributed by atoms with van der Waals surface area (Å²) in [6.07, 6.45) is 10.9. The van der Waals surface area contributed by atoms with Gasteiger partial charge in [0.2, 0.25) is 17.7 Å². The maximum absolute atomic E-state index is 13.4. The lowest BCUT2D eigenvalue weighted by atomic mass is 9.95. The molecule has 2 amide bonds. The van der Waals surface area contributed by atoms with Gasteiger partial charge in [0.1, 0.15) is 23.6 Å². The molecule has 0 radical (unpaired) electrons. The van der Waals surface area contributed by atoms with Crippen molar-refractivity contribution in [3.8, 4) is 17.4 Å². The molecule has 8 nitrogen and oxygen atoms in total. The normalized spacial score (nSPS) is 30.9. The first-order chi connectivity index (χ1) is 18.4. The lowest BCUT2D eigenvalue weighted by Crippen LogP contribution is -2.47. The van der Waals surface area contributed by atoms with Gasteiger partial charge in [-0.2, -0.15) is 0 Å². The molecule has 3 aliphatic rings. The molecule has 6 atom stereocenters. The van der Waals surface area contributed by atoms with Crippen LogP contribution in [0.1, 0.15) is 52.4 Å². The summed E-state index contributed by atoms with van der Waals surface area (Å²) in [6.45, 7) is 4.74. The van der Waals surface area contributed by atoms with Gasteiger partial charge in [-0.15, -0.1) is 0 Å². The minimum absolute atomic E-state index is 0.0226. The van der Waals surface area contributed by atoms with E-state index in [9.17, 15) is 9.59 Å². The van der Waals surface area contributed by atoms with E-state index in [-0.39, 0.29) is 29.9 Å². The number of benzene rings is 1. The van der Waals surface area contributed by atoms with Gasteiger partial charge in [-0.3, -0.25) is 9.59 Å². The van der Waals surface area contributed by atoms with Gasteiger partial charge in [-0.1, -0.05) is 38.8 Å². The van der Waals surface area contributed by atoms with E-state index in [1.165, 1.54) is 0 Å². The predicted octanol–water partition coefficient (Wildman–Crippen LogP) is 4.51. The Morgan fingerprint density at radius 1 is 1.03 bits per heavy atom. The summed E-state index contributed by atoms with van der Waals surface area (Å²) < 4.78 is 17.3. The molecule has 1 saturated carbocycles. The van der Waals surface area contributed by atoms with Crippen molar-refractivity contribution in [2.75, 3.05) is 20.8 Å². The van der Waals surface area contributed by atoms with Crippen LogP contribution in [0.2, 0.25) is 0 Å². The quantitative estimate of drug-likeness (QED) is 0.596. The first-order valence-corrected chi connectivity index (χ1v) is 13.8. The topological polar surface area (TPSA) is 90.0 Å². The molecule has 3 heterocycles. The molecule has 2 aromatic rings. The van der Waals surface area contributed by atoms with E-state index >= 15 is 0 Å². The number of carbonyl (C=O) groups is 2. The van der Waals surface area contributed by atoms with Gasteiger partial charge in [0.25, 0.3) is 0 Å². The number of ether oxygens (including phenoxy) is 3. The Morgan fingerprint density at radius 2 is 1.87 bits per heavy atom. The molecule has 4 unspecified atom stereocenters. The predicted molar refractivity (Wildman–Crippen MR) is 145 cm³/mol. The minimum atomic E-state index is -0.543. The molecule has 0 bridgehead atoms. The molecule has 1 saturated heterocycles. The van der Waals surface area contributed by atoms with Crippen LogP contribution in [0.25, 0.3) is 10.8 Å². The Kier molecular flexibility index (Phi) is 7.77. The molecule has 1 aliphatic carbocycles. The molecule has 38 heavy (non-hydrogen) atoms. The average Bonchev–Trinajstić information content (AvgIpc) is 3.50. The summed E-state index contributed by atoms with van der Waals surface area (Å²) in [4.78, 5) is 33.1. The Morgan fingerprint density at radius 3 is 2.66 bits per heavy atom. The number of hydrogen-bond acceptors (Lipinski definition) is 6. The van der Waals surface area contributed by atoms with E-state index < -0.39 is 6.04 Å². The highest BCUT2D eigenvalue weighted by atomic mass is 16.5. The number of nitrogens with one attached hydrogen (secondary N) is 1. The molecule has 0 spiro atoms. The molecular weight excluding hydrogens is 482 g/mol. The molecule has 1 N–H and O–H groups in total. The fourth-order valence-corrected chi connectivity index (χ4v) is 5.73. The number of nitrogens with zero attached hydrogens (tertiary/aromatic N) is 2. The van der Waals surface area contributed by atoms with Crippen LogP contribution in [0.3, 0.4) is 0 Å². The average molecular weight is 522 g/mol. The summed E-state index contributed by atoms with van der Waals surface area (Å²) in [6, 6.07) is 5.25. The zero-order valence-electron chi connectivity index (χ0n) is 22.8. The number of pyridine rings is 1. The van der Waals surface area contributed by atoms with Crippen molar-refractivity contribution in [2.45, 2.75) is 70.6 Å². The molecule has 1 aromatic carbocycles. The van der Waals surface area contributed by atoms with Crippen LogP contribution in [0.15, 0.2) is 36.5 Å². The smallest absolute Gasteiger partial charge is 0.243 e. The number of allylic oxidation sites excluding steroid dienone is 1. The van der Waals surface area contributed by atoms with Crippen LogP contribution < -0.4 is 19.5 Å². The van der Waals surface area contributed by atoms with E-state index in [1.54, 1.807) is 25.3 Å². The zero-order valence-corrected chi connectivity index (χ0v) is 22.8. The van der Waals surface area contributed by atoms with Crippen LogP contribution >= 0.6 is 0 Å². The Balaban J connectivity index is 1.37. The molecule has 8 heteroatoms. The van der Waals surface area contributed by atoms with Gasteiger partial charge in [0.05, 0.1) is 27.0 Å². The maximum Gasteiger partial charge on any atom is 0.243 e. The molecule has 5 rings (SSSR count). The summed E-state index contributed by atoms with van der Waals surface area (Å²) in [5.41, 5.74) is 0. The molecule has 204 valence electrons. The highest BCUT2D eigenvalue weighted by molar-refractivity contribution is 5.93. The van der Waals surface area contributed by atoms with Gasteiger partial charge in [0.15, 0.2) is 0 Å². The van der Waals surface area contributed by atoms with E-state index in [1.807, 2.05) is 18.2 Å². The Hall–Kier alpha value is -3.29. The van der Waals surface area contributed by atoms with Crippen molar-refractivity contribution >= 4 is 22.6 Å². The fraction of sp³-hybridized carbons (Fsp3) is 0.567. The van der Waals surface area contributed by atoms with Gasteiger partial charge in [0, 0.05) is 29.7 Å². The van der Waals surface area contributed by atoms with Gasteiger partial charge >= 0.3 is 0 Å². The van der Waals surface area contributed by atoms with Crippen LogP contribution in [-0.4, -0.2) is 60.7 Å². The maximum atomic E-state index is 13.4. The Labute approximate surface area is 224 Å². The number of rotatable bonds is 4. The fourth-order valence-electron chi connectivity index (χ4n) is 5.73. The van der Waals surface area contributed by atoms with Crippen LogP contribution in [-0.2, 0) is 9.59 Å². The van der Waals surface area contributed by atoms with Gasteiger partial charge in [-0.25, -0.2) is 4.98 Å². The summed E-state index contributed by atoms with van der Waals surface area (Å²) in [7, 11) is 3.22. The molecule has 1 aromatic heterocycles. The van der Waals surface area contributed by atoms with Crippen LogP contribution in [0.4, 0.5) is 0 Å². The number of amides is 2. The highest BCUT2D eigenvalue weighted by Crippen LogP contribution is 2.36. The second-order valence-electron chi connectivity index (χ2n) is 11.2. The third kappa shape index (κ3) is 5.74. The molecule has 2 aliphatic heterocycles. The van der Waals surface area contributed by atoms with Crippen LogP contribution in [0, 0.1) is 17.8 Å². The van der Waals surface area contributed by atoms with Crippen molar-refractivity contribution in [3.05, 3.63) is 36.5 Å². The zero-order chi connectivity index (χ0) is 26.8. The largest absolute Gasteiger partial charge is 0.497 e. The number of fused-ring (bicyclic) bond motifs is 3. The van der Waals surface area contributed by atoms with E-state index in [0.29, 0.717) is 48.6 Å². The number of aromatic nitrogens is 1. The molecular formula is C30H39N3O5. The van der Waals surface area contributed by atoms with Crippen LogP contribution in [0.5, 0.6) is 17.4 Å². The first kappa shape index (κ1) is 26.3. The van der Waals surface area contributed by atoms with Crippen molar-refractivity contribution in [1.29, 1.82) is 0 Å². The summed E-state index contributed by atoms with van der Waals surface area (Å²) in [5.74, 6) is 2.89. The highest BCUT2D eigenvalue weighted by Gasteiger charge is 2.44. The van der Waals surface area contributed by atoms with Gasteiger partial charge in [-0.05, 0) is 48.8 Å². The third-order valence-electron chi connectivity index (χ3n) is 8.14. The second-order valence-corrected chi connectivity index (χ2v) is 11.2. The first-order valence-electron chi connectivity index (χ1n) is 13.8. The van der Waals surface area contributed by atoms with Crippen molar-refractivity contribution < 1.29 is 23.8 Å². The van der Waals surface area contributed by atoms with Gasteiger partial charge < -0.3 is 24.4 Å². The van der Waals surface area contributed by atoms with Crippen molar-refractivity contribution in [2.24, 2.45) is 17.8 Å².